The van der Waals surface area contributed by atoms with Gasteiger partial charge in [-0.1, -0.05) is 0 Å². The number of halogens is 1. The quantitative estimate of drug-likeness (QED) is 0.159. The third kappa shape index (κ3) is 13.6. The Bertz CT molecular complexity index is 326. The molecule has 0 aliphatic rings. The van der Waals surface area contributed by atoms with Gasteiger partial charge in [0.2, 0.25) is 0 Å². The maximum atomic E-state index is 10.9. The molecule has 1 N–H and O–H groups in total. The Morgan fingerprint density at radius 2 is 1.04 bits per heavy atom. The summed E-state index contributed by atoms with van der Waals surface area (Å²) in [5.74, 6) is -1.08. The molecule has 0 aliphatic carbocycles. The topological polar surface area (TPSA) is 99.1 Å². The average molecular weight is 464 g/mol. The van der Waals surface area contributed by atoms with E-state index in [0.29, 0.717) is 24.6 Å². The molecule has 0 amide bonds. The van der Waals surface area contributed by atoms with E-state index in [1.165, 1.54) is 20.8 Å². The lowest BCUT2D eigenvalue weighted by Crippen LogP contribution is -3.00. The predicted octanol–water partition coefficient (Wildman–Crippen LogP) is -2.31. The molecule has 23 heavy (non-hydrogen) atoms. The standard InChI is InChI=1S/C14H26O7P.HI/c1-12(16)19-5-9-22(8-4-15,10-6-20-13(2)17)11-7-21-14(3)18;/h15H,4-11H2,1-3H3;1H/q+1;/p-1. The van der Waals surface area contributed by atoms with Crippen LogP contribution in [0.1, 0.15) is 20.8 Å². The third-order valence-electron chi connectivity index (χ3n) is 3.19. The fourth-order valence-electron chi connectivity index (χ4n) is 2.03. The molecular formula is C14H26IO7P. The fraction of sp³-hybridized carbons (Fsp3) is 0.786. The number of hydrogen-bond acceptors (Lipinski definition) is 7. The van der Waals surface area contributed by atoms with Crippen molar-refractivity contribution in [1.29, 1.82) is 0 Å². The van der Waals surface area contributed by atoms with Crippen molar-refractivity contribution >= 4 is 25.2 Å². The molecule has 0 unspecified atom stereocenters. The summed E-state index contributed by atoms with van der Waals surface area (Å²) in [7, 11) is -1.75. The average Bonchev–Trinajstić information content (AvgIpc) is 2.37. The van der Waals surface area contributed by atoms with Crippen LogP contribution in [-0.4, -0.2) is 74.1 Å². The van der Waals surface area contributed by atoms with Crippen molar-refractivity contribution in [2.24, 2.45) is 0 Å². The van der Waals surface area contributed by atoms with E-state index in [2.05, 4.69) is 0 Å². The lowest BCUT2D eigenvalue weighted by Gasteiger charge is -2.26. The van der Waals surface area contributed by atoms with Gasteiger partial charge in [0.1, 0.15) is 19.8 Å². The van der Waals surface area contributed by atoms with Crippen molar-refractivity contribution in [3.05, 3.63) is 0 Å². The molecular weight excluding hydrogens is 438 g/mol. The second-order valence-electron chi connectivity index (χ2n) is 4.98. The van der Waals surface area contributed by atoms with Crippen molar-refractivity contribution in [2.45, 2.75) is 20.8 Å². The van der Waals surface area contributed by atoms with Gasteiger partial charge >= 0.3 is 17.9 Å². The van der Waals surface area contributed by atoms with Gasteiger partial charge in [0, 0.05) is 28.0 Å². The summed E-state index contributed by atoms with van der Waals surface area (Å²) >= 11 is 0. The van der Waals surface area contributed by atoms with Crippen LogP contribution in [0.3, 0.4) is 0 Å². The Labute approximate surface area is 154 Å². The Kier molecular flexibility index (Phi) is 15.0. The number of carbonyl (C=O) groups is 3. The molecule has 0 aromatic rings. The molecule has 7 nitrogen and oxygen atoms in total. The number of ether oxygens (including phenoxy) is 3. The second kappa shape index (κ2) is 13.9. The number of carbonyl (C=O) groups excluding carboxylic acids is 3. The van der Waals surface area contributed by atoms with E-state index >= 15 is 0 Å². The highest BCUT2D eigenvalue weighted by Gasteiger charge is 2.37. The van der Waals surface area contributed by atoms with E-state index in [-0.39, 0.29) is 68.3 Å². The van der Waals surface area contributed by atoms with E-state index in [4.69, 9.17) is 14.2 Å². The zero-order valence-corrected chi connectivity index (χ0v) is 16.9. The highest BCUT2D eigenvalue weighted by atomic mass is 127. The largest absolute Gasteiger partial charge is 1.00 e. The molecule has 0 radical (unpaired) electrons. The number of esters is 3. The molecule has 0 rings (SSSR count). The minimum Gasteiger partial charge on any atom is -1.00 e. The molecule has 0 atom stereocenters. The molecule has 0 aromatic carbocycles. The zero-order chi connectivity index (χ0) is 17.0. The number of rotatable bonds is 11. The number of hydrogen-bond donors (Lipinski definition) is 1. The lowest BCUT2D eigenvalue weighted by molar-refractivity contribution is -0.141. The van der Waals surface area contributed by atoms with Gasteiger partial charge < -0.3 is 43.3 Å². The minimum atomic E-state index is -1.75. The number of aliphatic hydroxyl groups excluding tert-OH is 1. The first kappa shape index (κ1) is 24.8. The first-order valence-electron chi connectivity index (χ1n) is 7.17. The van der Waals surface area contributed by atoms with Gasteiger partial charge in [-0.25, -0.2) is 0 Å². The third-order valence-corrected chi connectivity index (χ3v) is 7.73. The van der Waals surface area contributed by atoms with E-state index in [9.17, 15) is 19.5 Å². The highest BCUT2D eigenvalue weighted by Crippen LogP contribution is 2.57. The summed E-state index contributed by atoms with van der Waals surface area (Å²) in [6.45, 7) is 4.77. The second-order valence-corrected chi connectivity index (χ2v) is 9.45. The summed E-state index contributed by atoms with van der Waals surface area (Å²) in [6, 6.07) is 0. The first-order valence-corrected chi connectivity index (χ1v) is 9.70. The normalized spacial score (nSPS) is 10.4. The molecule has 0 saturated heterocycles. The summed E-state index contributed by atoms with van der Waals surface area (Å²) in [5, 5.41) is 9.33. The predicted molar refractivity (Wildman–Crippen MR) is 83.4 cm³/mol. The van der Waals surface area contributed by atoms with Crippen molar-refractivity contribution in [3.63, 3.8) is 0 Å². The first-order chi connectivity index (χ1) is 10.3. The molecule has 0 aromatic heterocycles. The van der Waals surface area contributed by atoms with Gasteiger partial charge in [0.05, 0.1) is 31.3 Å². The van der Waals surface area contributed by atoms with E-state index in [0.717, 1.165) is 0 Å². The molecule has 0 bridgehead atoms. The van der Waals surface area contributed by atoms with E-state index < -0.39 is 7.26 Å². The van der Waals surface area contributed by atoms with Gasteiger partial charge in [-0.2, -0.15) is 0 Å². The van der Waals surface area contributed by atoms with Crippen molar-refractivity contribution in [3.8, 4) is 0 Å². The van der Waals surface area contributed by atoms with Crippen LogP contribution in [0.5, 0.6) is 0 Å². The lowest BCUT2D eigenvalue weighted by atomic mass is 10.7. The van der Waals surface area contributed by atoms with Crippen molar-refractivity contribution in [2.75, 3.05) is 51.1 Å². The SMILES string of the molecule is CC(=O)OCC[P+](CCO)(CCOC(C)=O)CCOC(C)=O.[I-]. The van der Waals surface area contributed by atoms with Gasteiger partial charge in [-0.3, -0.25) is 14.4 Å². The van der Waals surface area contributed by atoms with Crippen LogP contribution in [0.25, 0.3) is 0 Å². The maximum Gasteiger partial charge on any atom is 0.302 e. The van der Waals surface area contributed by atoms with Crippen molar-refractivity contribution in [1.82, 2.24) is 0 Å². The Morgan fingerprint density at radius 3 is 1.26 bits per heavy atom. The molecule has 0 saturated carbocycles. The van der Waals surface area contributed by atoms with Crippen LogP contribution in [0.2, 0.25) is 0 Å². The highest BCUT2D eigenvalue weighted by molar-refractivity contribution is 7.76. The molecule has 136 valence electrons. The number of aliphatic hydroxyl groups is 1. The van der Waals surface area contributed by atoms with Crippen LogP contribution in [0.4, 0.5) is 0 Å². The van der Waals surface area contributed by atoms with Gasteiger partial charge in [0.15, 0.2) is 0 Å². The maximum absolute atomic E-state index is 10.9. The van der Waals surface area contributed by atoms with E-state index in [1.807, 2.05) is 0 Å². The summed E-state index contributed by atoms with van der Waals surface area (Å²) in [4.78, 5) is 32.7. The van der Waals surface area contributed by atoms with Crippen LogP contribution in [0, 0.1) is 0 Å². The molecule has 0 aliphatic heterocycles. The van der Waals surface area contributed by atoms with Gasteiger partial charge in [-0.15, -0.1) is 0 Å². The summed E-state index contributed by atoms with van der Waals surface area (Å²) in [6.07, 6.45) is 2.37. The van der Waals surface area contributed by atoms with Crippen LogP contribution < -0.4 is 24.0 Å². The summed E-state index contributed by atoms with van der Waals surface area (Å²) < 4.78 is 15.0. The van der Waals surface area contributed by atoms with E-state index in [1.54, 1.807) is 0 Å². The monoisotopic (exact) mass is 464 g/mol. The molecule has 0 spiro atoms. The smallest absolute Gasteiger partial charge is 0.302 e. The Balaban J connectivity index is 0. The molecule has 0 heterocycles. The van der Waals surface area contributed by atoms with Crippen LogP contribution >= 0.6 is 7.26 Å². The van der Waals surface area contributed by atoms with Gasteiger partial charge in [0.25, 0.3) is 0 Å². The zero-order valence-electron chi connectivity index (χ0n) is 13.9. The Morgan fingerprint density at radius 1 is 0.739 bits per heavy atom. The molecule has 0 fully saturated rings. The van der Waals surface area contributed by atoms with Crippen LogP contribution in [0.15, 0.2) is 0 Å². The fourth-order valence-corrected chi connectivity index (χ4v) is 5.23. The van der Waals surface area contributed by atoms with Gasteiger partial charge in [-0.05, 0) is 0 Å². The van der Waals surface area contributed by atoms with Crippen LogP contribution in [-0.2, 0) is 28.6 Å². The Hall–Kier alpha value is -0.470. The molecule has 9 heteroatoms. The van der Waals surface area contributed by atoms with Crippen molar-refractivity contribution < 1.29 is 57.7 Å². The minimum absolute atomic E-state index is 0. The summed E-state index contributed by atoms with van der Waals surface area (Å²) in [5.41, 5.74) is 0.